The highest BCUT2D eigenvalue weighted by Gasteiger charge is 2.69. The number of thiol groups is 1. The Morgan fingerprint density at radius 1 is 1.00 bits per heavy atom. The fourth-order valence-corrected chi connectivity index (χ4v) is 15.8. The van der Waals surface area contributed by atoms with Crippen molar-refractivity contribution in [2.45, 2.75) is 55.7 Å². The molecule has 5 heteroatoms. The maximum absolute atomic E-state index is 4.94. The van der Waals surface area contributed by atoms with Crippen molar-refractivity contribution < 1.29 is 0 Å². The lowest BCUT2D eigenvalue weighted by Gasteiger charge is -2.53. The highest BCUT2D eigenvalue weighted by molar-refractivity contribution is 8.36. The van der Waals surface area contributed by atoms with Gasteiger partial charge >= 0.3 is 0 Å². The summed E-state index contributed by atoms with van der Waals surface area (Å²) in [5, 5.41) is 0.661. The van der Waals surface area contributed by atoms with E-state index in [0.717, 1.165) is 0 Å². The minimum Gasteiger partial charge on any atom is -0.161 e. The van der Waals surface area contributed by atoms with Gasteiger partial charge in [-0.05, 0) is 34.1 Å². The Balaban J connectivity index is 2.13. The van der Waals surface area contributed by atoms with Gasteiger partial charge in [-0.25, -0.2) is 0 Å². The first-order valence-corrected chi connectivity index (χ1v) is 8.95. The molecule has 3 aliphatic heterocycles. The van der Waals surface area contributed by atoms with Gasteiger partial charge in [0.05, 0.1) is 21.6 Å². The summed E-state index contributed by atoms with van der Waals surface area (Å²) < 4.78 is 1.28. The molecule has 0 N–H and O–H groups in total. The van der Waals surface area contributed by atoms with Crippen molar-refractivity contribution >= 4 is 59.7 Å². The predicted molar refractivity (Wildman–Crippen MR) is 81.4 cm³/mol. The fraction of sp³-hybridized carbons (Fsp3) is 1.00. The van der Waals surface area contributed by atoms with Gasteiger partial charge in [0, 0.05) is 0 Å². The molecule has 15 heavy (non-hydrogen) atoms. The van der Waals surface area contributed by atoms with Crippen LogP contribution in [0.1, 0.15) is 34.1 Å². The largest absolute Gasteiger partial charge is 0.161 e. The Morgan fingerprint density at radius 3 is 2.27 bits per heavy atom. The SMILES string of the molecule is CC12CC3(C)SC(C)(S)C(S1)C(C)(S2)S3. The molecule has 3 rings (SSSR count). The van der Waals surface area contributed by atoms with Crippen LogP contribution in [0.5, 0.6) is 0 Å². The normalized spacial score (nSPS) is 67.4. The second-order valence-electron chi connectivity index (χ2n) is 5.32. The number of rotatable bonds is 0. The summed E-state index contributed by atoms with van der Waals surface area (Å²) in [4.78, 5) is 0. The molecule has 0 aromatic carbocycles. The van der Waals surface area contributed by atoms with Crippen molar-refractivity contribution in [3.63, 3.8) is 0 Å². The monoisotopic (exact) mass is 296 g/mol. The molecule has 0 saturated carbocycles. The molecule has 3 aliphatic rings. The van der Waals surface area contributed by atoms with Crippen LogP contribution in [-0.2, 0) is 0 Å². The minimum atomic E-state index is 0.126. The Morgan fingerprint density at radius 2 is 1.60 bits per heavy atom. The van der Waals surface area contributed by atoms with Crippen LogP contribution >= 0.6 is 59.7 Å². The van der Waals surface area contributed by atoms with Crippen LogP contribution in [0.15, 0.2) is 0 Å². The summed E-state index contributed by atoms with van der Waals surface area (Å²) in [7, 11) is 0. The van der Waals surface area contributed by atoms with Crippen molar-refractivity contribution in [1.29, 1.82) is 0 Å². The summed E-state index contributed by atoms with van der Waals surface area (Å²) in [6.07, 6.45) is 1.30. The van der Waals surface area contributed by atoms with Crippen LogP contribution in [0, 0.1) is 0 Å². The molecule has 3 saturated heterocycles. The second kappa shape index (κ2) is 3.01. The van der Waals surface area contributed by atoms with E-state index in [9.17, 15) is 0 Å². The van der Waals surface area contributed by atoms with Gasteiger partial charge in [0.15, 0.2) is 0 Å². The Labute approximate surface area is 115 Å². The van der Waals surface area contributed by atoms with Crippen LogP contribution in [0.3, 0.4) is 0 Å². The highest BCUT2D eigenvalue weighted by Crippen LogP contribution is 2.80. The number of hydrogen-bond donors (Lipinski definition) is 1. The standard InChI is InChI=1S/C10H16S5/c1-7-5-8(2)13-9(3,11)6(12-7)10(4,14-7)15-8/h6,11H,5H2,1-4H3. The Kier molecular flexibility index (Phi) is 2.37. The zero-order valence-corrected chi connectivity index (χ0v) is 13.5. The third kappa shape index (κ3) is 1.63. The van der Waals surface area contributed by atoms with Crippen molar-refractivity contribution in [2.75, 3.05) is 0 Å². The Bertz CT molecular complexity index is 320. The third-order valence-electron chi connectivity index (χ3n) is 3.23. The van der Waals surface area contributed by atoms with Crippen molar-refractivity contribution in [2.24, 2.45) is 0 Å². The van der Waals surface area contributed by atoms with E-state index in [1.54, 1.807) is 0 Å². The lowest BCUT2D eigenvalue weighted by atomic mass is 10.2. The number of hydrogen-bond acceptors (Lipinski definition) is 5. The molecule has 0 aromatic rings. The Hall–Kier alpha value is 1.75. The van der Waals surface area contributed by atoms with Crippen LogP contribution in [0.4, 0.5) is 0 Å². The van der Waals surface area contributed by atoms with Crippen molar-refractivity contribution in [3.05, 3.63) is 0 Å². The molecule has 0 radical (unpaired) electrons. The highest BCUT2D eigenvalue weighted by atomic mass is 32.3. The van der Waals surface area contributed by atoms with Gasteiger partial charge in [-0.2, -0.15) is 12.6 Å². The van der Waals surface area contributed by atoms with Gasteiger partial charge in [0.25, 0.3) is 0 Å². The second-order valence-corrected chi connectivity index (χ2v) is 14.8. The molecular formula is C10H16S5. The van der Waals surface area contributed by atoms with Gasteiger partial charge in [-0.1, -0.05) is 0 Å². The molecule has 0 nitrogen and oxygen atoms in total. The fourth-order valence-electron chi connectivity index (χ4n) is 3.21. The third-order valence-corrected chi connectivity index (χ3v) is 11.4. The lowest BCUT2D eigenvalue weighted by molar-refractivity contribution is 0.673. The predicted octanol–water partition coefficient (Wildman–Crippen LogP) is 4.51. The molecule has 0 aromatic heterocycles. The van der Waals surface area contributed by atoms with E-state index < -0.39 is 0 Å². The van der Waals surface area contributed by atoms with Crippen LogP contribution in [0.2, 0.25) is 0 Å². The first kappa shape index (κ1) is 11.8. The lowest BCUT2D eigenvalue weighted by Crippen LogP contribution is -2.50. The summed E-state index contributed by atoms with van der Waals surface area (Å²) in [6, 6.07) is 0. The average Bonchev–Trinajstić information content (AvgIpc) is 2.08. The van der Waals surface area contributed by atoms with E-state index in [4.69, 9.17) is 12.6 Å². The average molecular weight is 297 g/mol. The molecule has 3 fully saturated rings. The van der Waals surface area contributed by atoms with Gasteiger partial charge in [-0.3, -0.25) is 0 Å². The van der Waals surface area contributed by atoms with Crippen LogP contribution in [-0.4, -0.2) is 21.6 Å². The van der Waals surface area contributed by atoms with E-state index >= 15 is 0 Å². The van der Waals surface area contributed by atoms with Crippen LogP contribution in [0.25, 0.3) is 0 Å². The summed E-state index contributed by atoms with van der Waals surface area (Å²) in [6.45, 7) is 9.58. The molecule has 3 heterocycles. The maximum atomic E-state index is 4.94. The van der Waals surface area contributed by atoms with E-state index in [-0.39, 0.29) is 4.08 Å². The molecule has 0 amide bonds. The minimum absolute atomic E-state index is 0.126. The first-order valence-electron chi connectivity index (χ1n) is 5.17. The van der Waals surface area contributed by atoms with Gasteiger partial charge in [0.2, 0.25) is 0 Å². The zero-order chi connectivity index (χ0) is 11.1. The van der Waals surface area contributed by atoms with Gasteiger partial charge < -0.3 is 0 Å². The van der Waals surface area contributed by atoms with E-state index in [1.807, 2.05) is 0 Å². The summed E-state index contributed by atoms with van der Waals surface area (Å²) in [5.74, 6) is 0. The molecule has 5 atom stereocenters. The van der Waals surface area contributed by atoms with Gasteiger partial charge in [0.1, 0.15) is 0 Å². The molecule has 0 aliphatic carbocycles. The van der Waals surface area contributed by atoms with E-state index in [0.29, 0.717) is 17.5 Å². The maximum Gasteiger partial charge on any atom is 0.0750 e. The quantitative estimate of drug-likeness (QED) is 0.653. The molecule has 86 valence electrons. The molecule has 5 unspecified atom stereocenters. The summed E-state index contributed by atoms with van der Waals surface area (Å²) in [5.41, 5.74) is 0. The van der Waals surface area contributed by atoms with Gasteiger partial charge in [-0.15, -0.1) is 47.0 Å². The molecule has 0 spiro atoms. The van der Waals surface area contributed by atoms with E-state index in [2.05, 4.69) is 74.7 Å². The van der Waals surface area contributed by atoms with Crippen molar-refractivity contribution in [1.82, 2.24) is 0 Å². The van der Waals surface area contributed by atoms with Crippen LogP contribution < -0.4 is 0 Å². The van der Waals surface area contributed by atoms with E-state index in [1.165, 1.54) is 6.42 Å². The molecule has 3 bridgehead atoms. The van der Waals surface area contributed by atoms with Crippen molar-refractivity contribution in [3.8, 4) is 0 Å². The summed E-state index contributed by atoms with van der Waals surface area (Å²) >= 11 is 13.6. The topological polar surface area (TPSA) is 0 Å². The molecular weight excluding hydrogens is 280 g/mol. The number of thioether (sulfide) groups is 4. The zero-order valence-electron chi connectivity index (χ0n) is 9.36. The first-order chi connectivity index (χ1) is 6.67. The smallest absolute Gasteiger partial charge is 0.0750 e. The number of fused-ring (bicyclic) bond motifs is 2.